The molecule has 1 aliphatic heterocycles. The molecule has 4 rings (SSSR count). The second-order valence-corrected chi connectivity index (χ2v) is 8.43. The Morgan fingerprint density at radius 1 is 1.07 bits per heavy atom. The Balaban J connectivity index is 1.89. The van der Waals surface area contributed by atoms with Crippen LogP contribution in [0.1, 0.15) is 5.56 Å². The number of aliphatic hydroxyl groups excluding tert-OH is 3. The predicted octanol–water partition coefficient (Wildman–Crippen LogP) is 0.152. The Labute approximate surface area is 169 Å². The number of rotatable bonds is 4. The van der Waals surface area contributed by atoms with Gasteiger partial charge in [0, 0.05) is 22.9 Å². The third-order valence-electron chi connectivity index (χ3n) is 4.83. The van der Waals surface area contributed by atoms with Crippen LogP contribution >= 0.6 is 0 Å². The van der Waals surface area contributed by atoms with Gasteiger partial charge in [-0.3, -0.25) is 4.55 Å². The minimum atomic E-state index is -4.42. The zero-order chi connectivity index (χ0) is 21.6. The zero-order valence-electron chi connectivity index (χ0n) is 15.3. The summed E-state index contributed by atoms with van der Waals surface area (Å²) in [5, 5.41) is 30.8. The molecule has 0 aliphatic carbocycles. The van der Waals surface area contributed by atoms with Gasteiger partial charge >= 0.3 is 5.63 Å². The van der Waals surface area contributed by atoms with Crippen LogP contribution in [0.15, 0.2) is 45.6 Å². The van der Waals surface area contributed by atoms with Crippen molar-refractivity contribution in [3.8, 4) is 5.75 Å². The summed E-state index contributed by atoms with van der Waals surface area (Å²) in [6.45, 7) is -0.262. The molecule has 4 N–H and O–H groups in total. The smallest absolute Gasteiger partial charge is 0.336 e. The quantitative estimate of drug-likeness (QED) is 0.250. The fourth-order valence-electron chi connectivity index (χ4n) is 3.50. The molecule has 1 aliphatic rings. The van der Waals surface area contributed by atoms with Gasteiger partial charge in [0.15, 0.2) is 0 Å². The van der Waals surface area contributed by atoms with Crippen LogP contribution in [0.25, 0.3) is 21.7 Å². The van der Waals surface area contributed by atoms with E-state index in [4.69, 9.17) is 13.9 Å². The highest BCUT2D eigenvalue weighted by Crippen LogP contribution is 2.36. The molecular weight excluding hydrogens is 420 g/mol. The molecule has 0 radical (unpaired) electrons. The van der Waals surface area contributed by atoms with Gasteiger partial charge in [0.05, 0.1) is 6.61 Å². The molecule has 30 heavy (non-hydrogen) atoms. The van der Waals surface area contributed by atoms with E-state index in [0.29, 0.717) is 16.2 Å². The number of ether oxygens (including phenoxy) is 2. The average Bonchev–Trinajstić information content (AvgIpc) is 2.66. The van der Waals surface area contributed by atoms with Crippen LogP contribution in [0.5, 0.6) is 5.75 Å². The van der Waals surface area contributed by atoms with Crippen LogP contribution in [0.3, 0.4) is 0 Å². The molecule has 1 saturated heterocycles. The first-order valence-electron chi connectivity index (χ1n) is 8.90. The number of benzene rings is 2. The summed E-state index contributed by atoms with van der Waals surface area (Å²) in [6.07, 6.45) is -5.60. The van der Waals surface area contributed by atoms with Crippen molar-refractivity contribution in [2.24, 2.45) is 0 Å². The van der Waals surface area contributed by atoms with Crippen LogP contribution in [0, 0.1) is 0 Å². The summed E-state index contributed by atoms with van der Waals surface area (Å²) in [5.41, 5.74) is -0.769. The Bertz CT molecular complexity index is 1270. The maximum absolute atomic E-state index is 11.9. The van der Waals surface area contributed by atoms with Gasteiger partial charge in [0.1, 0.15) is 35.4 Å². The second-order valence-electron chi connectivity index (χ2n) is 6.98. The maximum atomic E-state index is 11.9. The van der Waals surface area contributed by atoms with Crippen molar-refractivity contribution < 1.29 is 42.2 Å². The summed E-state index contributed by atoms with van der Waals surface area (Å²) in [5.74, 6) is -0.647. The summed E-state index contributed by atoms with van der Waals surface area (Å²) in [7, 11) is -4.42. The van der Waals surface area contributed by atoms with Crippen molar-refractivity contribution in [3.63, 3.8) is 0 Å². The molecule has 4 atom stereocenters. The van der Waals surface area contributed by atoms with Crippen molar-refractivity contribution >= 4 is 31.9 Å². The van der Waals surface area contributed by atoms with Crippen molar-refractivity contribution in [2.45, 2.75) is 30.4 Å². The summed E-state index contributed by atoms with van der Waals surface area (Å²) >= 11 is 0. The molecule has 0 bridgehead atoms. The van der Waals surface area contributed by atoms with Crippen LogP contribution in [0.2, 0.25) is 0 Å². The minimum absolute atomic E-state index is 0.000678. The molecule has 160 valence electrons. The molecule has 0 saturated carbocycles. The number of hydrogen-bond acceptors (Lipinski definition) is 9. The van der Waals surface area contributed by atoms with Crippen molar-refractivity contribution in [2.75, 3.05) is 6.61 Å². The van der Waals surface area contributed by atoms with Gasteiger partial charge in [-0.05, 0) is 10.9 Å². The molecule has 2 heterocycles. The van der Waals surface area contributed by atoms with Crippen LogP contribution in [-0.2, 0) is 20.6 Å². The third kappa shape index (κ3) is 3.90. The van der Waals surface area contributed by atoms with Gasteiger partial charge in [0.2, 0.25) is 6.29 Å². The van der Waals surface area contributed by atoms with Gasteiger partial charge in [-0.25, -0.2) is 4.79 Å². The van der Waals surface area contributed by atoms with Gasteiger partial charge in [-0.2, -0.15) is 8.42 Å². The van der Waals surface area contributed by atoms with E-state index in [9.17, 15) is 33.1 Å². The Morgan fingerprint density at radius 3 is 2.47 bits per heavy atom. The van der Waals surface area contributed by atoms with E-state index in [-0.39, 0.29) is 23.5 Å². The molecule has 1 unspecified atom stereocenters. The van der Waals surface area contributed by atoms with Crippen molar-refractivity contribution in [1.82, 2.24) is 0 Å². The van der Waals surface area contributed by atoms with E-state index >= 15 is 0 Å². The highest BCUT2D eigenvalue weighted by Gasteiger charge is 2.39. The lowest BCUT2D eigenvalue weighted by atomic mass is 10.0. The van der Waals surface area contributed by atoms with Crippen LogP contribution in [-0.4, -0.2) is 59.5 Å². The van der Waals surface area contributed by atoms with Gasteiger partial charge in [-0.1, -0.05) is 24.3 Å². The molecule has 2 aromatic carbocycles. The van der Waals surface area contributed by atoms with E-state index in [0.717, 1.165) is 6.07 Å². The van der Waals surface area contributed by atoms with Crippen LogP contribution in [0.4, 0.5) is 0 Å². The largest absolute Gasteiger partial charge is 0.461 e. The highest BCUT2D eigenvalue weighted by molar-refractivity contribution is 7.85. The Morgan fingerprint density at radius 2 is 1.77 bits per heavy atom. The Hall–Kier alpha value is -2.54. The van der Waals surface area contributed by atoms with E-state index in [1.54, 1.807) is 24.3 Å². The molecule has 1 fully saturated rings. The second kappa shape index (κ2) is 7.61. The monoisotopic (exact) mass is 438 g/mol. The lowest BCUT2D eigenvalue weighted by Crippen LogP contribution is -2.54. The van der Waals surface area contributed by atoms with E-state index in [1.165, 1.54) is 6.07 Å². The fraction of sp³-hybridized carbons (Fsp3) is 0.316. The molecule has 3 aromatic rings. The minimum Gasteiger partial charge on any atom is -0.461 e. The lowest BCUT2D eigenvalue weighted by Gasteiger charge is -2.35. The first-order chi connectivity index (χ1) is 14.1. The Kier molecular flexibility index (Phi) is 5.26. The summed E-state index contributed by atoms with van der Waals surface area (Å²) < 4.78 is 48.3. The molecule has 11 heteroatoms. The van der Waals surface area contributed by atoms with E-state index in [1.807, 2.05) is 0 Å². The molecule has 0 amide bonds. The molecule has 1 aromatic heterocycles. The van der Waals surface area contributed by atoms with Crippen molar-refractivity contribution in [1.29, 1.82) is 0 Å². The summed E-state index contributed by atoms with van der Waals surface area (Å²) in [6, 6.07) is 9.01. The maximum Gasteiger partial charge on any atom is 0.336 e. The standard InChI is InChI=1S/C19H18O10S/c20-12-7-27-19(18(23)17(12)22)29-13-6-14-16(11-4-2-1-3-10(11)13)9(5-15(21)28-14)8-30(24,25)26/h1-6,12,17-20,22-23H,7-8H2,(H,24,25,26)/t12-,17-,18?,19+/m1/s1. The normalized spacial score (nSPS) is 24.9. The van der Waals surface area contributed by atoms with Gasteiger partial charge in [0.25, 0.3) is 10.1 Å². The number of hydrogen-bond donors (Lipinski definition) is 4. The molecular formula is C19H18O10S. The third-order valence-corrected chi connectivity index (χ3v) is 5.51. The highest BCUT2D eigenvalue weighted by atomic mass is 32.2. The van der Waals surface area contributed by atoms with Crippen LogP contribution < -0.4 is 10.4 Å². The predicted molar refractivity (Wildman–Crippen MR) is 104 cm³/mol. The lowest BCUT2D eigenvalue weighted by molar-refractivity contribution is -0.241. The van der Waals surface area contributed by atoms with Gasteiger partial charge in [-0.15, -0.1) is 0 Å². The SMILES string of the molecule is O=c1cc(CS(=O)(=O)O)c2c(cc(O[C@@H]3OC[C@@H](O)[C@@H](O)C3O)c3ccccc32)o1. The fourth-order valence-corrected chi connectivity index (χ4v) is 4.12. The number of aliphatic hydroxyl groups is 3. The molecule has 10 nitrogen and oxygen atoms in total. The average molecular weight is 438 g/mol. The first kappa shape index (κ1) is 20.7. The molecule has 0 spiro atoms. The topological polar surface area (TPSA) is 164 Å². The summed E-state index contributed by atoms with van der Waals surface area (Å²) in [4.78, 5) is 11.9. The number of fused-ring (bicyclic) bond motifs is 3. The van der Waals surface area contributed by atoms with E-state index in [2.05, 4.69) is 0 Å². The van der Waals surface area contributed by atoms with E-state index < -0.39 is 46.1 Å². The van der Waals surface area contributed by atoms with Gasteiger partial charge < -0.3 is 29.2 Å². The first-order valence-corrected chi connectivity index (χ1v) is 10.5. The van der Waals surface area contributed by atoms with Crippen molar-refractivity contribution in [3.05, 3.63) is 52.4 Å². The zero-order valence-corrected chi connectivity index (χ0v) is 16.2.